The maximum atomic E-state index is 13.8. The van der Waals surface area contributed by atoms with Crippen molar-refractivity contribution in [3.05, 3.63) is 75.7 Å². The molecule has 1 aliphatic heterocycles. The number of carboxylic acid groups (broad SMARTS) is 1. The van der Waals surface area contributed by atoms with E-state index in [0.717, 1.165) is 23.1 Å². The molecule has 0 spiro atoms. The van der Waals surface area contributed by atoms with Crippen LogP contribution < -0.4 is 21.1 Å². The van der Waals surface area contributed by atoms with Crippen molar-refractivity contribution in [1.82, 2.24) is 20.3 Å². The normalized spacial score (nSPS) is 11.8. The third kappa shape index (κ3) is 4.85. The van der Waals surface area contributed by atoms with Gasteiger partial charge in [0.1, 0.15) is 18.1 Å². The first-order valence-electron chi connectivity index (χ1n) is 12.8. The second-order valence-corrected chi connectivity index (χ2v) is 10.2. The number of hydrogen-bond acceptors (Lipinski definition) is 8. The summed E-state index contributed by atoms with van der Waals surface area (Å²) in [5, 5.41) is 19.7. The number of aromatic nitrogens is 3. The SMILES string of the molecule is CCCNC(=O)c1ccc(-c2cc3c(cc2C(=O)Nc2ccc4nc(N)[nH]c4c2)-c2cscc2CO3)c(C(=O)O)n1. The number of nitrogen functional groups attached to an aromatic ring is 1. The average molecular weight is 569 g/mol. The Morgan fingerprint density at radius 1 is 1.02 bits per heavy atom. The molecule has 0 bridgehead atoms. The summed E-state index contributed by atoms with van der Waals surface area (Å²) in [5.74, 6) is -1.52. The lowest BCUT2D eigenvalue weighted by Crippen LogP contribution is -2.25. The van der Waals surface area contributed by atoms with Gasteiger partial charge in [0.05, 0.1) is 11.0 Å². The van der Waals surface area contributed by atoms with Gasteiger partial charge in [-0.1, -0.05) is 6.92 Å². The maximum Gasteiger partial charge on any atom is 0.355 e. The summed E-state index contributed by atoms with van der Waals surface area (Å²) >= 11 is 1.53. The molecule has 6 N–H and O–H groups in total. The van der Waals surface area contributed by atoms with Crippen LogP contribution in [0.15, 0.2) is 53.2 Å². The molecular weight excluding hydrogens is 544 g/mol. The van der Waals surface area contributed by atoms with Gasteiger partial charge in [-0.15, -0.1) is 0 Å². The zero-order chi connectivity index (χ0) is 28.7. The zero-order valence-corrected chi connectivity index (χ0v) is 22.6. The van der Waals surface area contributed by atoms with Gasteiger partial charge in [-0.25, -0.2) is 14.8 Å². The number of carboxylic acids is 1. The van der Waals surface area contributed by atoms with Gasteiger partial charge in [-0.2, -0.15) is 11.3 Å². The molecule has 0 atom stereocenters. The number of amides is 2. The molecule has 0 radical (unpaired) electrons. The van der Waals surface area contributed by atoms with Gasteiger partial charge in [0.25, 0.3) is 11.8 Å². The lowest BCUT2D eigenvalue weighted by molar-refractivity contribution is 0.0691. The highest BCUT2D eigenvalue weighted by atomic mass is 32.1. The summed E-state index contributed by atoms with van der Waals surface area (Å²) < 4.78 is 6.00. The van der Waals surface area contributed by atoms with Crippen LogP contribution in [0.25, 0.3) is 33.3 Å². The molecular formula is C29H24N6O5S. The number of rotatable bonds is 7. The van der Waals surface area contributed by atoms with Crippen molar-refractivity contribution in [2.24, 2.45) is 0 Å². The van der Waals surface area contributed by atoms with E-state index < -0.39 is 17.8 Å². The molecule has 0 saturated carbocycles. The minimum absolute atomic E-state index is 0.0325. The standard InChI is InChI=1S/C29H24N6O5S/c1-2-7-31-27(37)22-6-4-16(25(33-22)28(38)39)17-10-24-18(20-13-41-12-14(20)11-40-24)9-19(17)26(36)32-15-3-5-21-23(8-15)35-29(30)34-21/h3-6,8-10,12-13H,2,7,11H2,1H3,(H,31,37)(H,32,36)(H,38,39)(H3,30,34,35). The van der Waals surface area contributed by atoms with E-state index in [0.29, 0.717) is 41.2 Å². The average Bonchev–Trinajstić information content (AvgIpc) is 3.60. The number of aromatic amines is 1. The van der Waals surface area contributed by atoms with Crippen LogP contribution in [0.3, 0.4) is 0 Å². The molecule has 3 aromatic heterocycles. The van der Waals surface area contributed by atoms with Crippen LogP contribution in [0.1, 0.15) is 50.2 Å². The summed E-state index contributed by atoms with van der Waals surface area (Å²) in [4.78, 5) is 50.0. The topological polar surface area (TPSA) is 172 Å². The predicted octanol–water partition coefficient (Wildman–Crippen LogP) is 4.92. The van der Waals surface area contributed by atoms with Crippen LogP contribution in [0.4, 0.5) is 11.6 Å². The van der Waals surface area contributed by atoms with E-state index in [2.05, 4.69) is 25.6 Å². The molecule has 2 amide bonds. The Morgan fingerprint density at radius 2 is 1.88 bits per heavy atom. The molecule has 6 rings (SSSR count). The summed E-state index contributed by atoms with van der Waals surface area (Å²) in [6.07, 6.45) is 0.718. The first-order valence-corrected chi connectivity index (χ1v) is 13.7. The quantitative estimate of drug-likeness (QED) is 0.184. The van der Waals surface area contributed by atoms with Crippen LogP contribution in [-0.4, -0.2) is 44.4 Å². The first-order chi connectivity index (χ1) is 19.8. The molecule has 1 aliphatic rings. The lowest BCUT2D eigenvalue weighted by Gasteiger charge is -2.22. The van der Waals surface area contributed by atoms with Crippen molar-refractivity contribution in [1.29, 1.82) is 0 Å². The number of hydrogen-bond donors (Lipinski definition) is 5. The number of nitrogens with two attached hydrogens (primary N) is 1. The highest BCUT2D eigenvalue weighted by Gasteiger charge is 2.27. The lowest BCUT2D eigenvalue weighted by atomic mass is 9.91. The predicted molar refractivity (Wildman–Crippen MR) is 155 cm³/mol. The largest absolute Gasteiger partial charge is 0.488 e. The summed E-state index contributed by atoms with van der Waals surface area (Å²) in [6, 6.07) is 11.4. The molecule has 0 unspecified atom stereocenters. The van der Waals surface area contributed by atoms with Crippen molar-refractivity contribution in [3.8, 4) is 28.0 Å². The third-order valence-electron chi connectivity index (χ3n) is 6.69. The molecule has 12 heteroatoms. The number of aromatic carboxylic acids is 1. The van der Waals surface area contributed by atoms with E-state index in [9.17, 15) is 19.5 Å². The minimum Gasteiger partial charge on any atom is -0.488 e. The van der Waals surface area contributed by atoms with Crippen molar-refractivity contribution in [2.75, 3.05) is 17.6 Å². The Balaban J connectivity index is 1.47. The minimum atomic E-state index is -1.34. The third-order valence-corrected chi connectivity index (χ3v) is 7.49. The van der Waals surface area contributed by atoms with Crippen LogP contribution >= 0.6 is 11.3 Å². The smallest absolute Gasteiger partial charge is 0.355 e. The zero-order valence-electron chi connectivity index (χ0n) is 21.8. The highest BCUT2D eigenvalue weighted by Crippen LogP contribution is 2.43. The Hall–Kier alpha value is -5.23. The number of H-pyrrole nitrogens is 1. The summed E-state index contributed by atoms with van der Waals surface area (Å²) in [7, 11) is 0. The summed E-state index contributed by atoms with van der Waals surface area (Å²) in [6.45, 7) is 2.69. The number of fused-ring (bicyclic) bond motifs is 4. The fourth-order valence-electron chi connectivity index (χ4n) is 4.75. The number of nitrogens with one attached hydrogen (secondary N) is 3. The molecule has 2 aromatic carbocycles. The van der Waals surface area contributed by atoms with Crippen LogP contribution in [0.5, 0.6) is 5.75 Å². The van der Waals surface area contributed by atoms with Crippen molar-refractivity contribution >= 4 is 51.8 Å². The molecule has 0 fully saturated rings. The number of anilines is 2. The van der Waals surface area contributed by atoms with Crippen molar-refractivity contribution < 1.29 is 24.2 Å². The molecule has 0 aliphatic carbocycles. The van der Waals surface area contributed by atoms with Crippen LogP contribution in [0, 0.1) is 0 Å². The number of nitrogens with zero attached hydrogens (tertiary/aromatic N) is 2. The van der Waals surface area contributed by atoms with Crippen molar-refractivity contribution in [2.45, 2.75) is 20.0 Å². The van der Waals surface area contributed by atoms with Gasteiger partial charge in [0.15, 0.2) is 11.6 Å². The maximum absolute atomic E-state index is 13.8. The number of pyridine rings is 1. The molecule has 4 heterocycles. The molecule has 41 heavy (non-hydrogen) atoms. The van der Waals surface area contributed by atoms with Gasteiger partial charge >= 0.3 is 5.97 Å². The van der Waals surface area contributed by atoms with E-state index in [1.54, 1.807) is 30.3 Å². The van der Waals surface area contributed by atoms with Crippen LogP contribution in [-0.2, 0) is 6.61 Å². The Labute approximate surface area is 237 Å². The van der Waals surface area contributed by atoms with Crippen LogP contribution in [0.2, 0.25) is 0 Å². The Bertz CT molecular complexity index is 1860. The van der Waals surface area contributed by atoms with Gasteiger partial charge < -0.3 is 31.2 Å². The van der Waals surface area contributed by atoms with Gasteiger partial charge in [-0.05, 0) is 59.6 Å². The number of thiophene rings is 1. The number of benzene rings is 2. The van der Waals surface area contributed by atoms with Gasteiger partial charge in [0.2, 0.25) is 0 Å². The second kappa shape index (κ2) is 10.4. The van der Waals surface area contributed by atoms with E-state index in [1.165, 1.54) is 23.5 Å². The van der Waals surface area contributed by atoms with E-state index in [4.69, 9.17) is 10.5 Å². The summed E-state index contributed by atoms with van der Waals surface area (Å²) in [5.41, 5.74) is 10.5. The number of carbonyl (C=O) groups excluding carboxylic acids is 2. The molecule has 11 nitrogen and oxygen atoms in total. The molecule has 0 saturated heterocycles. The number of carbonyl (C=O) groups is 3. The van der Waals surface area contributed by atoms with E-state index in [1.807, 2.05) is 17.7 Å². The number of imidazole rings is 1. The number of ether oxygens (including phenoxy) is 1. The Kier molecular flexibility index (Phi) is 6.59. The monoisotopic (exact) mass is 568 g/mol. The fraction of sp³-hybridized carbons (Fsp3) is 0.138. The Morgan fingerprint density at radius 3 is 2.68 bits per heavy atom. The first kappa shape index (κ1) is 26.0. The fourth-order valence-corrected chi connectivity index (χ4v) is 5.59. The molecule has 206 valence electrons. The van der Waals surface area contributed by atoms with Crippen molar-refractivity contribution in [3.63, 3.8) is 0 Å². The molecule has 5 aromatic rings. The van der Waals surface area contributed by atoms with E-state index >= 15 is 0 Å². The van der Waals surface area contributed by atoms with E-state index in [-0.39, 0.29) is 28.5 Å². The van der Waals surface area contributed by atoms with Gasteiger partial charge in [-0.3, -0.25) is 9.59 Å². The second-order valence-electron chi connectivity index (χ2n) is 9.46. The highest BCUT2D eigenvalue weighted by molar-refractivity contribution is 7.08. The van der Waals surface area contributed by atoms with Gasteiger partial charge in [0, 0.05) is 45.6 Å².